The zero-order chi connectivity index (χ0) is 15.4. The molecule has 0 amide bonds. The number of aliphatic hydroxyl groups excluding tert-OH is 1. The average molecular weight is 348 g/mol. The van der Waals surface area contributed by atoms with E-state index in [1.54, 1.807) is 43.3 Å². The van der Waals surface area contributed by atoms with E-state index in [1.807, 2.05) is 0 Å². The van der Waals surface area contributed by atoms with Gasteiger partial charge in [0.2, 0.25) is 0 Å². The predicted octanol–water partition coefficient (Wildman–Crippen LogP) is 4.17. The lowest BCUT2D eigenvalue weighted by Gasteiger charge is -2.12. The van der Waals surface area contributed by atoms with Crippen LogP contribution in [-0.2, 0) is 0 Å². The molecular formula is C16H14BrNO3. The number of halogens is 1. The fraction of sp³-hybridized carbons (Fsp3) is 0.188. The zero-order valence-corrected chi connectivity index (χ0v) is 13.2. The Hall–Kier alpha value is -2.03. The molecule has 2 rings (SSSR count). The molecule has 0 spiro atoms. The predicted molar refractivity (Wildman–Crippen MR) is 82.6 cm³/mol. The lowest BCUT2D eigenvalue weighted by Crippen LogP contribution is -1.93. The first-order valence-electron chi connectivity index (χ1n) is 6.28. The first-order chi connectivity index (χ1) is 10.0. The molecule has 108 valence electrons. The molecule has 0 aliphatic heterocycles. The Labute approximate surface area is 131 Å². The van der Waals surface area contributed by atoms with E-state index >= 15 is 0 Å². The van der Waals surface area contributed by atoms with Crippen molar-refractivity contribution >= 4 is 15.9 Å². The van der Waals surface area contributed by atoms with Crippen LogP contribution in [0.1, 0.15) is 24.2 Å². The van der Waals surface area contributed by atoms with Gasteiger partial charge in [0.05, 0.1) is 29.3 Å². The van der Waals surface area contributed by atoms with Crippen LogP contribution in [0.3, 0.4) is 0 Å². The summed E-state index contributed by atoms with van der Waals surface area (Å²) < 4.78 is 11.6. The van der Waals surface area contributed by atoms with Crippen molar-refractivity contribution in [1.29, 1.82) is 5.26 Å². The quantitative estimate of drug-likeness (QED) is 0.901. The Morgan fingerprint density at radius 2 is 1.90 bits per heavy atom. The van der Waals surface area contributed by atoms with E-state index in [4.69, 9.17) is 14.7 Å². The number of ether oxygens (including phenoxy) is 2. The van der Waals surface area contributed by atoms with Crippen LogP contribution in [0.15, 0.2) is 40.9 Å². The van der Waals surface area contributed by atoms with Gasteiger partial charge in [0.25, 0.3) is 0 Å². The third kappa shape index (κ3) is 3.75. The van der Waals surface area contributed by atoms with Crippen molar-refractivity contribution < 1.29 is 14.6 Å². The summed E-state index contributed by atoms with van der Waals surface area (Å²) in [6.07, 6.45) is -0.544. The molecule has 0 bridgehead atoms. The second-order valence-electron chi connectivity index (χ2n) is 4.48. The number of hydrogen-bond acceptors (Lipinski definition) is 4. The van der Waals surface area contributed by atoms with Crippen LogP contribution in [0.4, 0.5) is 0 Å². The molecule has 0 aromatic heterocycles. The second-order valence-corrected chi connectivity index (χ2v) is 5.33. The van der Waals surface area contributed by atoms with Gasteiger partial charge in [0, 0.05) is 6.07 Å². The van der Waals surface area contributed by atoms with Crippen molar-refractivity contribution in [2.45, 2.75) is 13.0 Å². The van der Waals surface area contributed by atoms with Crippen molar-refractivity contribution in [2.75, 3.05) is 7.11 Å². The third-order valence-electron chi connectivity index (χ3n) is 2.91. The maximum absolute atomic E-state index is 9.55. The van der Waals surface area contributed by atoms with E-state index in [9.17, 15) is 5.11 Å². The van der Waals surface area contributed by atoms with Gasteiger partial charge in [-0.2, -0.15) is 5.26 Å². The highest BCUT2D eigenvalue weighted by molar-refractivity contribution is 9.10. The Balaban J connectivity index is 2.32. The summed E-state index contributed by atoms with van der Waals surface area (Å²) in [6.45, 7) is 1.70. The molecule has 0 aliphatic carbocycles. The topological polar surface area (TPSA) is 62.5 Å². The highest BCUT2D eigenvalue weighted by Crippen LogP contribution is 2.33. The van der Waals surface area contributed by atoms with Gasteiger partial charge in [0.1, 0.15) is 17.2 Å². The van der Waals surface area contributed by atoms with Gasteiger partial charge >= 0.3 is 0 Å². The normalized spacial score (nSPS) is 11.6. The summed E-state index contributed by atoms with van der Waals surface area (Å²) in [5.41, 5.74) is 1.25. The molecular weight excluding hydrogens is 334 g/mol. The van der Waals surface area contributed by atoms with E-state index in [1.165, 1.54) is 7.11 Å². The van der Waals surface area contributed by atoms with Crippen LogP contribution in [0, 0.1) is 11.3 Å². The van der Waals surface area contributed by atoms with Crippen molar-refractivity contribution in [2.24, 2.45) is 0 Å². The van der Waals surface area contributed by atoms with Gasteiger partial charge in [0.15, 0.2) is 0 Å². The number of nitriles is 1. The SMILES string of the molecule is COc1cc(C#N)cc(Oc2ccc([C@@H](C)O)cc2Br)c1. The number of methoxy groups -OCH3 is 1. The van der Waals surface area contributed by atoms with Crippen LogP contribution in [-0.4, -0.2) is 12.2 Å². The summed E-state index contributed by atoms with van der Waals surface area (Å²) >= 11 is 3.41. The lowest BCUT2D eigenvalue weighted by atomic mass is 10.1. The van der Waals surface area contributed by atoms with Gasteiger partial charge in [-0.15, -0.1) is 0 Å². The molecule has 0 saturated carbocycles. The minimum Gasteiger partial charge on any atom is -0.497 e. The molecule has 1 N–H and O–H groups in total. The van der Waals surface area contributed by atoms with Crippen LogP contribution in [0.2, 0.25) is 0 Å². The van der Waals surface area contributed by atoms with Crippen molar-refractivity contribution in [3.05, 3.63) is 52.0 Å². The summed E-state index contributed by atoms with van der Waals surface area (Å²) in [5.74, 6) is 1.66. The van der Waals surface area contributed by atoms with Crippen LogP contribution in [0.25, 0.3) is 0 Å². The minimum atomic E-state index is -0.544. The molecule has 21 heavy (non-hydrogen) atoms. The standard InChI is InChI=1S/C16H14BrNO3/c1-10(19)12-3-4-16(15(17)7-12)21-14-6-11(9-18)5-13(8-14)20-2/h3-8,10,19H,1-2H3/t10-/m1/s1. The van der Waals surface area contributed by atoms with Crippen LogP contribution >= 0.6 is 15.9 Å². The minimum absolute atomic E-state index is 0.459. The number of aliphatic hydroxyl groups is 1. The summed E-state index contributed by atoms with van der Waals surface area (Å²) in [7, 11) is 1.54. The fourth-order valence-corrected chi connectivity index (χ4v) is 2.28. The second kappa shape index (κ2) is 6.61. The molecule has 1 atom stereocenters. The Morgan fingerprint density at radius 3 is 2.48 bits per heavy atom. The largest absolute Gasteiger partial charge is 0.497 e. The van der Waals surface area contributed by atoms with Crippen molar-refractivity contribution in [3.8, 4) is 23.3 Å². The number of benzene rings is 2. The molecule has 0 heterocycles. The van der Waals surface area contributed by atoms with E-state index in [0.29, 0.717) is 22.8 Å². The van der Waals surface area contributed by atoms with Crippen molar-refractivity contribution in [1.82, 2.24) is 0 Å². The summed E-state index contributed by atoms with van der Waals surface area (Å²) in [6, 6.07) is 12.4. The molecule has 0 unspecified atom stereocenters. The van der Waals surface area contributed by atoms with Gasteiger partial charge < -0.3 is 14.6 Å². The van der Waals surface area contributed by atoms with E-state index in [-0.39, 0.29) is 0 Å². The van der Waals surface area contributed by atoms with E-state index in [2.05, 4.69) is 22.0 Å². The summed E-state index contributed by atoms with van der Waals surface area (Å²) in [4.78, 5) is 0. The highest BCUT2D eigenvalue weighted by atomic mass is 79.9. The van der Waals surface area contributed by atoms with E-state index in [0.717, 1.165) is 10.0 Å². The number of rotatable bonds is 4. The van der Waals surface area contributed by atoms with Gasteiger partial charge in [-0.1, -0.05) is 6.07 Å². The van der Waals surface area contributed by atoms with Gasteiger partial charge in [-0.25, -0.2) is 0 Å². The molecule has 2 aromatic rings. The number of nitrogens with zero attached hydrogens (tertiary/aromatic N) is 1. The third-order valence-corrected chi connectivity index (χ3v) is 3.53. The van der Waals surface area contributed by atoms with Gasteiger partial charge in [-0.05, 0) is 52.7 Å². The molecule has 0 radical (unpaired) electrons. The van der Waals surface area contributed by atoms with Gasteiger partial charge in [-0.3, -0.25) is 0 Å². The first-order valence-corrected chi connectivity index (χ1v) is 7.07. The van der Waals surface area contributed by atoms with E-state index < -0.39 is 6.10 Å². The monoisotopic (exact) mass is 347 g/mol. The Morgan fingerprint density at radius 1 is 1.19 bits per heavy atom. The summed E-state index contributed by atoms with van der Waals surface area (Å²) in [5, 5.41) is 18.6. The molecule has 5 heteroatoms. The fourth-order valence-electron chi connectivity index (χ4n) is 1.80. The molecule has 2 aromatic carbocycles. The average Bonchev–Trinajstić information content (AvgIpc) is 2.48. The molecule has 4 nitrogen and oxygen atoms in total. The molecule has 0 aliphatic rings. The van der Waals surface area contributed by atoms with Crippen molar-refractivity contribution in [3.63, 3.8) is 0 Å². The maximum atomic E-state index is 9.55. The van der Waals surface area contributed by atoms with Crippen LogP contribution in [0.5, 0.6) is 17.2 Å². The maximum Gasteiger partial charge on any atom is 0.141 e. The zero-order valence-electron chi connectivity index (χ0n) is 11.6. The lowest BCUT2D eigenvalue weighted by molar-refractivity contribution is 0.199. The number of hydrogen-bond donors (Lipinski definition) is 1. The van der Waals surface area contributed by atoms with Crippen LogP contribution < -0.4 is 9.47 Å². The molecule has 0 fully saturated rings. The molecule has 0 saturated heterocycles. The Kier molecular flexibility index (Phi) is 4.84. The smallest absolute Gasteiger partial charge is 0.141 e. The first kappa shape index (κ1) is 15.4. The Bertz CT molecular complexity index is 692. The highest BCUT2D eigenvalue weighted by Gasteiger charge is 2.09.